The van der Waals surface area contributed by atoms with E-state index in [0.717, 1.165) is 6.54 Å². The van der Waals surface area contributed by atoms with E-state index in [1.54, 1.807) is 0 Å². The Bertz CT molecular complexity index is 380. The predicted molar refractivity (Wildman–Crippen MR) is 73.2 cm³/mol. The Kier molecular flexibility index (Phi) is 4.53. The summed E-state index contributed by atoms with van der Waals surface area (Å²) >= 11 is 2.24. The molecule has 18 heavy (non-hydrogen) atoms. The van der Waals surface area contributed by atoms with Crippen molar-refractivity contribution in [3.8, 4) is 0 Å². The third-order valence-electron chi connectivity index (χ3n) is 3.37. The average Bonchev–Trinajstić information content (AvgIpc) is 2.32. The molecule has 1 heterocycles. The molecule has 0 spiro atoms. The van der Waals surface area contributed by atoms with Crippen LogP contribution in [0.25, 0.3) is 0 Å². The first-order chi connectivity index (χ1) is 8.45. The minimum Gasteiger partial charge on any atom is -0.299 e. The number of alkyl halides is 3. The topological polar surface area (TPSA) is 3.24 Å². The molecule has 1 fully saturated rings. The normalized spacial score (nSPS) is 19.1. The summed E-state index contributed by atoms with van der Waals surface area (Å²) in [6.07, 6.45) is -3.56. The van der Waals surface area contributed by atoms with E-state index in [9.17, 15) is 13.2 Å². The van der Waals surface area contributed by atoms with Crippen molar-refractivity contribution in [3.63, 3.8) is 0 Å². The summed E-state index contributed by atoms with van der Waals surface area (Å²) in [5.74, 6) is -1.11. The van der Waals surface area contributed by atoms with Crippen molar-refractivity contribution in [3.05, 3.63) is 33.4 Å². The molecule has 5 heteroatoms. The monoisotopic (exact) mass is 369 g/mol. The highest BCUT2D eigenvalue weighted by atomic mass is 127. The van der Waals surface area contributed by atoms with Gasteiger partial charge in [0.25, 0.3) is 0 Å². The lowest BCUT2D eigenvalue weighted by atomic mass is 9.96. The number of nitrogens with zero attached hydrogens (tertiary/aromatic N) is 1. The molecule has 0 amide bonds. The third kappa shape index (κ3) is 3.85. The summed E-state index contributed by atoms with van der Waals surface area (Å²) in [6.45, 7) is 1.83. The average molecular weight is 369 g/mol. The molecule has 0 saturated carbocycles. The molecule has 1 aliphatic heterocycles. The van der Waals surface area contributed by atoms with Crippen molar-refractivity contribution in [2.24, 2.45) is 5.92 Å². The zero-order chi connectivity index (χ0) is 13.2. The van der Waals surface area contributed by atoms with Crippen LogP contribution in [0.3, 0.4) is 0 Å². The van der Waals surface area contributed by atoms with Crippen LogP contribution < -0.4 is 0 Å². The molecule has 1 nitrogen and oxygen atoms in total. The fourth-order valence-corrected chi connectivity index (χ4v) is 2.63. The second-order valence-electron chi connectivity index (χ2n) is 4.72. The highest BCUT2D eigenvalue weighted by molar-refractivity contribution is 14.1. The van der Waals surface area contributed by atoms with Crippen molar-refractivity contribution in [1.82, 2.24) is 4.90 Å². The number of piperidine rings is 1. The molecule has 2 rings (SSSR count). The molecule has 1 aromatic rings. The molecular formula is C13H15F3IN. The third-order valence-corrected chi connectivity index (χ3v) is 4.09. The molecule has 0 bridgehead atoms. The molecule has 0 aliphatic carbocycles. The summed E-state index contributed by atoms with van der Waals surface area (Å²) in [5.41, 5.74) is 1.17. The van der Waals surface area contributed by atoms with Gasteiger partial charge in [-0.1, -0.05) is 12.1 Å². The Morgan fingerprint density at radius 3 is 2.17 bits per heavy atom. The minimum absolute atomic E-state index is 0.230. The first-order valence-electron chi connectivity index (χ1n) is 5.98. The zero-order valence-corrected chi connectivity index (χ0v) is 12.0. The predicted octanol–water partition coefficient (Wildman–Crippen LogP) is 4.07. The van der Waals surface area contributed by atoms with E-state index in [1.165, 1.54) is 9.13 Å². The Morgan fingerprint density at radius 2 is 1.67 bits per heavy atom. The molecule has 100 valence electrons. The minimum atomic E-state index is -4.02. The van der Waals surface area contributed by atoms with Crippen molar-refractivity contribution >= 4 is 22.6 Å². The van der Waals surface area contributed by atoms with Gasteiger partial charge in [-0.2, -0.15) is 13.2 Å². The van der Waals surface area contributed by atoms with Gasteiger partial charge in [-0.15, -0.1) is 0 Å². The fraction of sp³-hybridized carbons (Fsp3) is 0.538. The second-order valence-corrected chi connectivity index (χ2v) is 5.96. The van der Waals surface area contributed by atoms with Gasteiger partial charge in [0, 0.05) is 10.1 Å². The van der Waals surface area contributed by atoms with Crippen molar-refractivity contribution in [1.29, 1.82) is 0 Å². The van der Waals surface area contributed by atoms with Gasteiger partial charge >= 0.3 is 6.18 Å². The lowest BCUT2D eigenvalue weighted by Gasteiger charge is -2.32. The van der Waals surface area contributed by atoms with Gasteiger partial charge in [0.2, 0.25) is 0 Å². The maximum atomic E-state index is 12.5. The summed E-state index contributed by atoms with van der Waals surface area (Å²) < 4.78 is 38.7. The summed E-state index contributed by atoms with van der Waals surface area (Å²) in [4.78, 5) is 2.10. The van der Waals surface area contributed by atoms with Gasteiger partial charge in [0.1, 0.15) is 0 Å². The van der Waals surface area contributed by atoms with Crippen LogP contribution in [0.1, 0.15) is 18.4 Å². The van der Waals surface area contributed by atoms with Crippen LogP contribution in [-0.4, -0.2) is 24.2 Å². The van der Waals surface area contributed by atoms with E-state index >= 15 is 0 Å². The standard InChI is InChI=1S/C13H15F3IN/c14-13(15,16)11-5-7-18(8-6-11)9-10-1-3-12(17)4-2-10/h1-4,11H,5-9H2. The van der Waals surface area contributed by atoms with E-state index in [2.05, 4.69) is 27.5 Å². The number of halogens is 4. The van der Waals surface area contributed by atoms with Crippen LogP contribution in [0.5, 0.6) is 0 Å². The van der Waals surface area contributed by atoms with Crippen LogP contribution in [0.15, 0.2) is 24.3 Å². The van der Waals surface area contributed by atoms with Gasteiger partial charge in [0.15, 0.2) is 0 Å². The molecular weight excluding hydrogens is 354 g/mol. The first kappa shape index (κ1) is 14.1. The van der Waals surface area contributed by atoms with Crippen LogP contribution in [-0.2, 0) is 6.54 Å². The maximum Gasteiger partial charge on any atom is 0.391 e. The van der Waals surface area contributed by atoms with Crippen LogP contribution >= 0.6 is 22.6 Å². The molecule has 1 aromatic carbocycles. The van der Waals surface area contributed by atoms with E-state index in [-0.39, 0.29) is 12.8 Å². The first-order valence-corrected chi connectivity index (χ1v) is 7.06. The van der Waals surface area contributed by atoms with Crippen molar-refractivity contribution in [2.75, 3.05) is 13.1 Å². The van der Waals surface area contributed by atoms with E-state index in [1.807, 2.05) is 24.3 Å². The van der Waals surface area contributed by atoms with E-state index in [4.69, 9.17) is 0 Å². The van der Waals surface area contributed by atoms with Crippen molar-refractivity contribution < 1.29 is 13.2 Å². The van der Waals surface area contributed by atoms with E-state index < -0.39 is 12.1 Å². The van der Waals surface area contributed by atoms with Crippen LogP contribution in [0.4, 0.5) is 13.2 Å². The van der Waals surface area contributed by atoms with Crippen LogP contribution in [0, 0.1) is 9.49 Å². The Hall–Kier alpha value is -0.300. The summed E-state index contributed by atoms with van der Waals surface area (Å²) in [7, 11) is 0. The zero-order valence-electron chi connectivity index (χ0n) is 9.88. The number of likely N-dealkylation sites (tertiary alicyclic amines) is 1. The summed E-state index contributed by atoms with van der Waals surface area (Å²) in [5, 5.41) is 0. The SMILES string of the molecule is FC(F)(F)C1CCN(Cc2ccc(I)cc2)CC1. The fourth-order valence-electron chi connectivity index (χ4n) is 2.27. The van der Waals surface area contributed by atoms with Crippen LogP contribution in [0.2, 0.25) is 0 Å². The molecule has 1 aliphatic rings. The number of rotatable bonds is 2. The van der Waals surface area contributed by atoms with Gasteiger partial charge in [-0.3, -0.25) is 4.90 Å². The number of hydrogen-bond acceptors (Lipinski definition) is 1. The van der Waals surface area contributed by atoms with Crippen molar-refractivity contribution in [2.45, 2.75) is 25.6 Å². The molecule has 1 saturated heterocycles. The number of hydrogen-bond donors (Lipinski definition) is 0. The van der Waals surface area contributed by atoms with Gasteiger partial charge < -0.3 is 0 Å². The second kappa shape index (κ2) is 5.77. The Morgan fingerprint density at radius 1 is 1.11 bits per heavy atom. The lowest BCUT2D eigenvalue weighted by Crippen LogP contribution is -2.38. The highest BCUT2D eigenvalue weighted by Gasteiger charge is 2.40. The Labute approximate surface area is 118 Å². The quantitative estimate of drug-likeness (QED) is 0.711. The lowest BCUT2D eigenvalue weighted by molar-refractivity contribution is -0.185. The molecule has 0 radical (unpaired) electrons. The van der Waals surface area contributed by atoms with Gasteiger partial charge in [0.05, 0.1) is 5.92 Å². The smallest absolute Gasteiger partial charge is 0.299 e. The van der Waals surface area contributed by atoms with E-state index in [0.29, 0.717) is 13.1 Å². The summed E-state index contributed by atoms with van der Waals surface area (Å²) in [6, 6.07) is 8.13. The largest absolute Gasteiger partial charge is 0.391 e. The molecule has 0 unspecified atom stereocenters. The molecule has 0 atom stereocenters. The molecule has 0 aromatic heterocycles. The number of benzene rings is 1. The Balaban J connectivity index is 1.85. The molecule has 0 N–H and O–H groups in total. The van der Waals surface area contributed by atoms with Gasteiger partial charge in [-0.05, 0) is 66.2 Å². The maximum absolute atomic E-state index is 12.5. The van der Waals surface area contributed by atoms with Gasteiger partial charge in [-0.25, -0.2) is 0 Å². The highest BCUT2D eigenvalue weighted by Crippen LogP contribution is 2.34.